The number of carbonyl (C=O) groups is 1. The van der Waals surface area contributed by atoms with E-state index in [1.54, 1.807) is 26.4 Å². The minimum Gasteiger partial charge on any atom is -0.481 e. The second kappa shape index (κ2) is 8.57. The van der Waals surface area contributed by atoms with Crippen molar-refractivity contribution in [2.24, 2.45) is 0 Å². The maximum Gasteiger partial charge on any atom is 0.213 e. The Kier molecular flexibility index (Phi) is 5.52. The summed E-state index contributed by atoms with van der Waals surface area (Å²) in [4.78, 5) is 22.6. The van der Waals surface area contributed by atoms with Gasteiger partial charge in [-0.05, 0) is 12.1 Å². The average Bonchev–Trinajstić information content (AvgIpc) is 2.83. The van der Waals surface area contributed by atoms with E-state index in [0.29, 0.717) is 34.3 Å². The molecule has 2 aromatic heterocycles. The van der Waals surface area contributed by atoms with Crippen molar-refractivity contribution in [3.8, 4) is 34.3 Å². The van der Waals surface area contributed by atoms with Gasteiger partial charge in [0.2, 0.25) is 11.8 Å². The number of pyridine rings is 2. The fourth-order valence-corrected chi connectivity index (χ4v) is 3.31. The molecule has 0 unspecified atom stereocenters. The van der Waals surface area contributed by atoms with Crippen LogP contribution in [0, 0.1) is 0 Å². The molecule has 0 aliphatic heterocycles. The number of benzene rings is 2. The first-order valence-electron chi connectivity index (χ1n) is 9.47. The van der Waals surface area contributed by atoms with Gasteiger partial charge >= 0.3 is 0 Å². The third-order valence-corrected chi connectivity index (χ3v) is 4.76. The van der Waals surface area contributed by atoms with Crippen molar-refractivity contribution in [3.05, 3.63) is 96.1 Å². The molecule has 30 heavy (non-hydrogen) atoms. The van der Waals surface area contributed by atoms with Gasteiger partial charge in [0.15, 0.2) is 5.78 Å². The molecule has 0 radical (unpaired) electrons. The van der Waals surface area contributed by atoms with Crippen LogP contribution in [0.4, 0.5) is 0 Å². The van der Waals surface area contributed by atoms with Crippen LogP contribution in [0.15, 0.2) is 84.9 Å². The van der Waals surface area contributed by atoms with Gasteiger partial charge in [0.05, 0.1) is 25.6 Å². The molecule has 148 valence electrons. The molecule has 0 amide bonds. The van der Waals surface area contributed by atoms with Gasteiger partial charge in [-0.25, -0.2) is 9.97 Å². The van der Waals surface area contributed by atoms with Crippen LogP contribution in [0.5, 0.6) is 11.8 Å². The number of aromatic nitrogens is 2. The van der Waals surface area contributed by atoms with Gasteiger partial charge in [-0.15, -0.1) is 0 Å². The molecule has 0 saturated heterocycles. The molecular weight excluding hydrogens is 376 g/mol. The van der Waals surface area contributed by atoms with Gasteiger partial charge < -0.3 is 9.47 Å². The fourth-order valence-electron chi connectivity index (χ4n) is 3.31. The summed E-state index contributed by atoms with van der Waals surface area (Å²) in [6, 6.07) is 25.9. The molecular formula is C25H20N2O3. The molecule has 2 aromatic carbocycles. The second-order valence-electron chi connectivity index (χ2n) is 6.55. The third kappa shape index (κ3) is 3.78. The average molecular weight is 396 g/mol. The van der Waals surface area contributed by atoms with Crippen LogP contribution in [-0.2, 0) is 0 Å². The highest BCUT2D eigenvalue weighted by Gasteiger charge is 2.19. The Morgan fingerprint density at radius 3 is 1.47 bits per heavy atom. The molecule has 4 aromatic rings. The van der Waals surface area contributed by atoms with E-state index in [1.807, 2.05) is 72.8 Å². The minimum atomic E-state index is -0.101. The summed E-state index contributed by atoms with van der Waals surface area (Å²) in [6.45, 7) is 0. The highest BCUT2D eigenvalue weighted by Crippen LogP contribution is 2.30. The molecule has 0 bridgehead atoms. The molecule has 0 fully saturated rings. The number of rotatable bonds is 6. The van der Waals surface area contributed by atoms with Crippen LogP contribution < -0.4 is 9.47 Å². The molecule has 4 rings (SSSR count). The van der Waals surface area contributed by atoms with Crippen molar-refractivity contribution in [3.63, 3.8) is 0 Å². The summed E-state index contributed by atoms with van der Waals surface area (Å²) in [6.07, 6.45) is 0. The Balaban J connectivity index is 1.82. The van der Waals surface area contributed by atoms with Crippen LogP contribution >= 0.6 is 0 Å². The van der Waals surface area contributed by atoms with Crippen molar-refractivity contribution in [2.75, 3.05) is 14.2 Å². The maximum atomic E-state index is 13.6. The quantitative estimate of drug-likeness (QED) is 0.426. The second-order valence-corrected chi connectivity index (χ2v) is 6.55. The Morgan fingerprint density at radius 2 is 1.03 bits per heavy atom. The topological polar surface area (TPSA) is 61.3 Å². The lowest BCUT2D eigenvalue weighted by Crippen LogP contribution is -2.06. The third-order valence-electron chi connectivity index (χ3n) is 4.76. The Morgan fingerprint density at radius 1 is 0.600 bits per heavy atom. The van der Waals surface area contributed by atoms with E-state index in [4.69, 9.17) is 9.47 Å². The Bertz CT molecular complexity index is 1110. The molecule has 0 atom stereocenters. The lowest BCUT2D eigenvalue weighted by molar-refractivity contribution is 0.104. The number of hydrogen-bond donors (Lipinski definition) is 0. The summed E-state index contributed by atoms with van der Waals surface area (Å²) in [5.74, 6) is 0.891. The first-order valence-corrected chi connectivity index (χ1v) is 9.47. The van der Waals surface area contributed by atoms with E-state index in [0.717, 1.165) is 11.1 Å². The normalized spacial score (nSPS) is 10.5. The number of carbonyl (C=O) groups excluding carboxylic acids is 1. The first kappa shape index (κ1) is 19.3. The van der Waals surface area contributed by atoms with Gasteiger partial charge in [0, 0.05) is 34.4 Å². The first-order chi connectivity index (χ1) is 14.7. The molecule has 0 spiro atoms. The van der Waals surface area contributed by atoms with Crippen molar-refractivity contribution < 1.29 is 14.3 Å². The van der Waals surface area contributed by atoms with Gasteiger partial charge in [0.1, 0.15) is 0 Å². The Labute approximate surface area is 175 Å². The van der Waals surface area contributed by atoms with Gasteiger partial charge in [-0.3, -0.25) is 4.79 Å². The molecule has 5 nitrogen and oxygen atoms in total. The van der Waals surface area contributed by atoms with Crippen molar-refractivity contribution in [2.45, 2.75) is 0 Å². The molecule has 5 heteroatoms. The van der Waals surface area contributed by atoms with Crippen LogP contribution in [-0.4, -0.2) is 30.0 Å². The van der Waals surface area contributed by atoms with Crippen LogP contribution in [0.25, 0.3) is 22.5 Å². The van der Waals surface area contributed by atoms with E-state index >= 15 is 0 Å². The molecule has 0 aliphatic rings. The van der Waals surface area contributed by atoms with Crippen molar-refractivity contribution in [1.82, 2.24) is 9.97 Å². The predicted octanol–water partition coefficient (Wildman–Crippen LogP) is 5.06. The maximum absolute atomic E-state index is 13.6. The number of ketones is 1. The lowest BCUT2D eigenvalue weighted by Gasteiger charge is -2.12. The van der Waals surface area contributed by atoms with Crippen LogP contribution in [0.3, 0.4) is 0 Å². The number of ether oxygens (including phenoxy) is 2. The number of hydrogen-bond acceptors (Lipinski definition) is 5. The van der Waals surface area contributed by atoms with E-state index in [1.165, 1.54) is 0 Å². The summed E-state index contributed by atoms with van der Waals surface area (Å²) in [7, 11) is 3.14. The molecule has 0 saturated carbocycles. The zero-order chi connectivity index (χ0) is 20.9. The van der Waals surface area contributed by atoms with E-state index in [-0.39, 0.29) is 5.78 Å². The summed E-state index contributed by atoms with van der Waals surface area (Å²) in [5.41, 5.74) is 3.97. The highest BCUT2D eigenvalue weighted by molar-refractivity contribution is 6.15. The van der Waals surface area contributed by atoms with Crippen molar-refractivity contribution >= 4 is 5.78 Å². The minimum absolute atomic E-state index is 0.101. The van der Waals surface area contributed by atoms with E-state index < -0.39 is 0 Å². The molecule has 0 aliphatic carbocycles. The largest absolute Gasteiger partial charge is 0.481 e. The zero-order valence-corrected chi connectivity index (χ0v) is 16.7. The Hall–Kier alpha value is -3.99. The summed E-state index contributed by atoms with van der Waals surface area (Å²) < 4.78 is 10.5. The van der Waals surface area contributed by atoms with Gasteiger partial charge in [0.25, 0.3) is 0 Å². The standard InChI is InChI=1S/C25H20N2O3/c1-29-23-15-7-13-21(26-23)17-9-3-5-11-19(17)25(28)20-12-6-4-10-18(20)22-14-8-16-24(27-22)30-2/h3-16H,1-2H3. The molecule has 2 heterocycles. The number of nitrogens with zero attached hydrogens (tertiary/aromatic N) is 2. The smallest absolute Gasteiger partial charge is 0.213 e. The van der Waals surface area contributed by atoms with Crippen LogP contribution in [0.1, 0.15) is 15.9 Å². The summed E-state index contributed by atoms with van der Waals surface area (Å²) >= 11 is 0. The monoisotopic (exact) mass is 396 g/mol. The van der Waals surface area contributed by atoms with Crippen molar-refractivity contribution in [1.29, 1.82) is 0 Å². The highest BCUT2D eigenvalue weighted by atomic mass is 16.5. The van der Waals surface area contributed by atoms with E-state index in [9.17, 15) is 4.79 Å². The molecule has 0 N–H and O–H groups in total. The SMILES string of the molecule is COc1cccc(-c2ccccc2C(=O)c2ccccc2-c2cccc(OC)n2)n1. The predicted molar refractivity (Wildman–Crippen MR) is 116 cm³/mol. The fraction of sp³-hybridized carbons (Fsp3) is 0.0800. The zero-order valence-electron chi connectivity index (χ0n) is 16.7. The summed E-state index contributed by atoms with van der Waals surface area (Å²) in [5, 5.41) is 0. The van der Waals surface area contributed by atoms with Crippen LogP contribution in [0.2, 0.25) is 0 Å². The number of methoxy groups -OCH3 is 2. The van der Waals surface area contributed by atoms with E-state index in [2.05, 4.69) is 9.97 Å². The van der Waals surface area contributed by atoms with Gasteiger partial charge in [-0.1, -0.05) is 60.7 Å². The lowest BCUT2D eigenvalue weighted by atomic mass is 9.92. The van der Waals surface area contributed by atoms with Gasteiger partial charge in [-0.2, -0.15) is 0 Å².